The lowest BCUT2D eigenvalue weighted by atomic mass is 10.0. The first kappa shape index (κ1) is 27.0. The van der Waals surface area contributed by atoms with Crippen molar-refractivity contribution < 1.29 is 4.79 Å². The molecule has 0 radical (unpaired) electrons. The van der Waals surface area contributed by atoms with Crippen molar-refractivity contribution in [1.82, 2.24) is 18.8 Å². The quantitative estimate of drug-likeness (QED) is 0.305. The zero-order valence-electron chi connectivity index (χ0n) is 21.4. The Labute approximate surface area is 226 Å². The second-order valence-electron chi connectivity index (χ2n) is 9.99. The molecule has 2 aromatic heterocycles. The van der Waals surface area contributed by atoms with Crippen molar-refractivity contribution in [3.05, 3.63) is 92.6 Å². The third-order valence-corrected chi connectivity index (χ3v) is 7.35. The van der Waals surface area contributed by atoms with Crippen LogP contribution in [0.1, 0.15) is 54.1 Å². The van der Waals surface area contributed by atoms with E-state index in [0.29, 0.717) is 71.2 Å². The molecule has 194 valence electrons. The number of nitrogens with zero attached hydrogens (tertiary/aromatic N) is 4. The highest BCUT2D eigenvalue weighted by atomic mass is 35.5. The maximum Gasteiger partial charge on any atom is 0.264 e. The lowest BCUT2D eigenvalue weighted by Crippen LogP contribution is -2.40. The minimum absolute atomic E-state index is 0.0657. The summed E-state index contributed by atoms with van der Waals surface area (Å²) in [5.74, 6) is 0.632. The van der Waals surface area contributed by atoms with Crippen LogP contribution < -0.4 is 11.3 Å². The number of rotatable bonds is 10. The second kappa shape index (κ2) is 11.5. The Morgan fingerprint density at radius 1 is 1.11 bits per heavy atom. The molecule has 0 fully saturated rings. The number of benzene rings is 2. The largest absolute Gasteiger partial charge is 0.339 e. The minimum atomic E-state index is -0.398. The second-order valence-corrected chi connectivity index (χ2v) is 11.2. The Morgan fingerprint density at radius 2 is 1.81 bits per heavy atom. The molecule has 9 heteroatoms. The molecule has 0 spiro atoms. The van der Waals surface area contributed by atoms with Crippen LogP contribution in [0.4, 0.5) is 0 Å². The van der Waals surface area contributed by atoms with Crippen LogP contribution in [-0.4, -0.2) is 43.4 Å². The van der Waals surface area contributed by atoms with Gasteiger partial charge in [0.1, 0.15) is 5.82 Å². The molecule has 0 bridgehead atoms. The van der Waals surface area contributed by atoms with Gasteiger partial charge in [0.25, 0.3) is 11.5 Å². The normalized spacial score (nSPS) is 11.7. The third-order valence-electron chi connectivity index (χ3n) is 6.26. The predicted molar refractivity (Wildman–Crippen MR) is 151 cm³/mol. The summed E-state index contributed by atoms with van der Waals surface area (Å²) >= 11 is 7.26. The van der Waals surface area contributed by atoms with Gasteiger partial charge in [0.05, 0.1) is 17.6 Å². The summed E-state index contributed by atoms with van der Waals surface area (Å²) in [6.45, 7) is 7.23. The molecule has 2 aromatic carbocycles. The van der Waals surface area contributed by atoms with Gasteiger partial charge in [-0.2, -0.15) is 4.37 Å². The standard InChI is InChI=1S/C28H32ClN5O2S/c1-19-24-25(37-32-19)31-23(34(27(24)36)18-20-8-5-4-6-9-20)10-7-16-33(17-15-28(2,3)30)26(35)21-11-13-22(29)14-12-21/h4-6,8-9,11-14H,7,10,15-18,30H2,1-3H3. The first-order valence-corrected chi connectivity index (χ1v) is 13.5. The van der Waals surface area contributed by atoms with Crippen molar-refractivity contribution in [2.24, 2.45) is 5.73 Å². The van der Waals surface area contributed by atoms with Gasteiger partial charge in [-0.25, -0.2) is 4.98 Å². The third kappa shape index (κ3) is 6.83. The van der Waals surface area contributed by atoms with Crippen LogP contribution in [-0.2, 0) is 13.0 Å². The smallest absolute Gasteiger partial charge is 0.264 e. The summed E-state index contributed by atoms with van der Waals surface area (Å²) in [4.78, 5) is 34.1. The number of hydrogen-bond donors (Lipinski definition) is 1. The highest BCUT2D eigenvalue weighted by Crippen LogP contribution is 2.19. The number of carbonyl (C=O) groups is 1. The number of hydrogen-bond acceptors (Lipinski definition) is 6. The first-order chi connectivity index (χ1) is 17.6. The molecular weight excluding hydrogens is 506 g/mol. The van der Waals surface area contributed by atoms with Crippen molar-refractivity contribution in [3.63, 3.8) is 0 Å². The Kier molecular flexibility index (Phi) is 8.42. The maximum atomic E-state index is 13.5. The van der Waals surface area contributed by atoms with E-state index < -0.39 is 5.54 Å². The average Bonchev–Trinajstić information content (AvgIpc) is 3.24. The Bertz CT molecular complexity index is 1430. The molecule has 0 atom stereocenters. The summed E-state index contributed by atoms with van der Waals surface area (Å²) in [7, 11) is 0. The molecule has 1 amide bonds. The fraction of sp³-hybridized carbons (Fsp3) is 0.357. The summed E-state index contributed by atoms with van der Waals surface area (Å²) in [6.07, 6.45) is 1.86. The van der Waals surface area contributed by atoms with Gasteiger partial charge in [-0.1, -0.05) is 41.9 Å². The number of fused-ring (bicyclic) bond motifs is 1. The molecule has 0 saturated heterocycles. The number of carbonyl (C=O) groups excluding carboxylic acids is 1. The summed E-state index contributed by atoms with van der Waals surface area (Å²) in [5.41, 5.74) is 8.06. The molecule has 2 N–H and O–H groups in total. The highest BCUT2D eigenvalue weighted by molar-refractivity contribution is 7.12. The lowest BCUT2D eigenvalue weighted by molar-refractivity contribution is 0.0743. The van der Waals surface area contributed by atoms with E-state index in [4.69, 9.17) is 22.3 Å². The van der Waals surface area contributed by atoms with Gasteiger partial charge < -0.3 is 10.6 Å². The van der Waals surface area contributed by atoms with Crippen LogP contribution in [0, 0.1) is 6.92 Å². The molecular formula is C28H32ClN5O2S. The van der Waals surface area contributed by atoms with Crippen molar-refractivity contribution in [2.75, 3.05) is 13.1 Å². The topological polar surface area (TPSA) is 94.1 Å². The predicted octanol–water partition coefficient (Wildman–Crippen LogP) is 5.07. The van der Waals surface area contributed by atoms with Crippen LogP contribution >= 0.6 is 23.1 Å². The zero-order valence-corrected chi connectivity index (χ0v) is 23.0. The number of aromatic nitrogens is 3. The van der Waals surface area contributed by atoms with Gasteiger partial charge in [-0.05, 0) is 75.0 Å². The number of nitrogens with two attached hydrogens (primary N) is 1. The van der Waals surface area contributed by atoms with E-state index in [-0.39, 0.29) is 11.5 Å². The molecule has 0 unspecified atom stereocenters. The minimum Gasteiger partial charge on any atom is -0.339 e. The van der Waals surface area contributed by atoms with Crippen molar-refractivity contribution in [2.45, 2.75) is 52.1 Å². The fourth-order valence-electron chi connectivity index (χ4n) is 4.17. The van der Waals surface area contributed by atoms with Gasteiger partial charge in [0.2, 0.25) is 0 Å². The monoisotopic (exact) mass is 537 g/mol. The number of halogens is 1. The lowest BCUT2D eigenvalue weighted by Gasteiger charge is -2.27. The van der Waals surface area contributed by atoms with Crippen molar-refractivity contribution in [1.29, 1.82) is 0 Å². The molecule has 2 heterocycles. The van der Waals surface area contributed by atoms with Crippen LogP contribution in [0.25, 0.3) is 10.2 Å². The molecule has 37 heavy (non-hydrogen) atoms. The number of amides is 1. The molecule has 0 aliphatic carbocycles. The van der Waals surface area contributed by atoms with E-state index >= 15 is 0 Å². The first-order valence-electron chi connectivity index (χ1n) is 12.4. The Hall–Kier alpha value is -3.07. The molecule has 7 nitrogen and oxygen atoms in total. The van der Waals surface area contributed by atoms with Gasteiger partial charge >= 0.3 is 0 Å². The van der Waals surface area contributed by atoms with E-state index in [1.165, 1.54) is 11.5 Å². The van der Waals surface area contributed by atoms with Gasteiger partial charge in [-0.3, -0.25) is 14.2 Å². The molecule has 0 saturated carbocycles. The van der Waals surface area contributed by atoms with Gasteiger partial charge in [-0.15, -0.1) is 0 Å². The zero-order chi connectivity index (χ0) is 26.6. The SMILES string of the molecule is Cc1nsc2nc(CCCN(CCC(C)(C)N)C(=O)c3ccc(Cl)cc3)n(Cc3ccccc3)c(=O)c12. The van der Waals surface area contributed by atoms with Crippen LogP contribution in [0.15, 0.2) is 59.4 Å². The molecule has 0 aliphatic heterocycles. The van der Waals surface area contributed by atoms with Crippen molar-refractivity contribution >= 4 is 39.3 Å². The molecule has 4 aromatic rings. The van der Waals surface area contributed by atoms with E-state index in [1.54, 1.807) is 28.8 Å². The van der Waals surface area contributed by atoms with E-state index in [1.807, 2.05) is 56.0 Å². The Balaban J connectivity index is 1.57. The van der Waals surface area contributed by atoms with Crippen LogP contribution in [0.3, 0.4) is 0 Å². The van der Waals surface area contributed by atoms with Crippen LogP contribution in [0.2, 0.25) is 5.02 Å². The van der Waals surface area contributed by atoms with E-state index in [0.717, 1.165) is 5.56 Å². The Morgan fingerprint density at radius 3 is 2.49 bits per heavy atom. The van der Waals surface area contributed by atoms with E-state index in [9.17, 15) is 9.59 Å². The van der Waals surface area contributed by atoms with E-state index in [2.05, 4.69) is 4.37 Å². The summed E-state index contributed by atoms with van der Waals surface area (Å²) in [6, 6.07) is 16.8. The summed E-state index contributed by atoms with van der Waals surface area (Å²) in [5, 5.41) is 1.16. The fourth-order valence-corrected chi connectivity index (χ4v) is 5.08. The van der Waals surface area contributed by atoms with Gasteiger partial charge in [0.15, 0.2) is 4.83 Å². The van der Waals surface area contributed by atoms with Crippen LogP contribution in [0.5, 0.6) is 0 Å². The molecule has 4 rings (SSSR count). The van der Waals surface area contributed by atoms with Crippen molar-refractivity contribution in [3.8, 4) is 0 Å². The number of aryl methyl sites for hydroxylation is 2. The van der Waals surface area contributed by atoms with Gasteiger partial charge in [0, 0.05) is 35.6 Å². The highest BCUT2D eigenvalue weighted by Gasteiger charge is 2.21. The summed E-state index contributed by atoms with van der Waals surface area (Å²) < 4.78 is 6.10. The maximum absolute atomic E-state index is 13.5. The molecule has 0 aliphatic rings. The average molecular weight is 538 g/mol.